The van der Waals surface area contributed by atoms with Crippen LogP contribution in [0.3, 0.4) is 0 Å². The summed E-state index contributed by atoms with van der Waals surface area (Å²) < 4.78 is 4.21. The van der Waals surface area contributed by atoms with Gasteiger partial charge in [0.25, 0.3) is 0 Å². The summed E-state index contributed by atoms with van der Waals surface area (Å²) >= 11 is 0. The monoisotopic (exact) mass is 351 g/mol. The van der Waals surface area contributed by atoms with Gasteiger partial charge in [-0.3, -0.25) is 0 Å². The number of nitrogens with one attached hydrogen (secondary N) is 1. The van der Waals surface area contributed by atoms with Gasteiger partial charge in [-0.05, 0) is 38.7 Å². The molecule has 4 aromatic heterocycles. The van der Waals surface area contributed by atoms with Crippen molar-refractivity contribution in [2.24, 2.45) is 0 Å². The lowest BCUT2D eigenvalue weighted by Gasteiger charge is -2.31. The fourth-order valence-corrected chi connectivity index (χ4v) is 4.27. The summed E-state index contributed by atoms with van der Waals surface area (Å²) in [6, 6.07) is 2.74. The van der Waals surface area contributed by atoms with Gasteiger partial charge in [-0.15, -0.1) is 5.10 Å². The highest BCUT2D eigenvalue weighted by molar-refractivity contribution is 6.01. The van der Waals surface area contributed by atoms with Gasteiger partial charge in [0.05, 0.1) is 24.0 Å². The molecule has 0 radical (unpaired) electrons. The van der Waals surface area contributed by atoms with Crippen LogP contribution in [0, 0.1) is 0 Å². The maximum absolute atomic E-state index is 10.3. The SMILES string of the molecule is CC(O)c1nc2cnc3[nH]ccc3c2n1C1CCC(n2ccnn2)CC1. The van der Waals surface area contributed by atoms with Crippen molar-refractivity contribution in [3.8, 4) is 0 Å². The van der Waals surface area contributed by atoms with Crippen molar-refractivity contribution in [2.75, 3.05) is 0 Å². The maximum Gasteiger partial charge on any atom is 0.139 e. The summed E-state index contributed by atoms with van der Waals surface area (Å²) in [5.74, 6) is 0.722. The molecule has 0 saturated heterocycles. The molecule has 1 saturated carbocycles. The highest BCUT2D eigenvalue weighted by Crippen LogP contribution is 2.39. The lowest BCUT2D eigenvalue weighted by Crippen LogP contribution is -2.23. The van der Waals surface area contributed by atoms with Gasteiger partial charge in [-0.1, -0.05) is 5.21 Å². The van der Waals surface area contributed by atoms with Crippen molar-refractivity contribution in [1.29, 1.82) is 0 Å². The number of hydrogen-bond acceptors (Lipinski definition) is 5. The van der Waals surface area contributed by atoms with E-state index < -0.39 is 6.10 Å². The van der Waals surface area contributed by atoms with Crippen LogP contribution in [-0.4, -0.2) is 39.6 Å². The molecule has 8 nitrogen and oxygen atoms in total. The first-order valence-electron chi connectivity index (χ1n) is 9.10. The Morgan fingerprint density at radius 1 is 1.23 bits per heavy atom. The molecular formula is C18H21N7O. The van der Waals surface area contributed by atoms with E-state index in [2.05, 4.69) is 24.8 Å². The summed E-state index contributed by atoms with van der Waals surface area (Å²) in [6.45, 7) is 1.78. The summed E-state index contributed by atoms with van der Waals surface area (Å²) in [5, 5.41) is 19.5. The van der Waals surface area contributed by atoms with Gasteiger partial charge >= 0.3 is 0 Å². The van der Waals surface area contributed by atoms with Gasteiger partial charge in [0, 0.05) is 23.8 Å². The normalized spacial score (nSPS) is 22.2. The zero-order valence-electron chi connectivity index (χ0n) is 14.6. The number of fused-ring (bicyclic) bond motifs is 3. The number of aliphatic hydroxyl groups excluding tert-OH is 1. The molecule has 4 aromatic rings. The van der Waals surface area contributed by atoms with Gasteiger partial charge in [-0.25, -0.2) is 14.6 Å². The van der Waals surface area contributed by atoms with Crippen molar-refractivity contribution < 1.29 is 5.11 Å². The number of hydrogen-bond donors (Lipinski definition) is 2. The predicted molar refractivity (Wildman–Crippen MR) is 96.6 cm³/mol. The molecule has 5 rings (SSSR count). The van der Waals surface area contributed by atoms with Crippen LogP contribution in [0.2, 0.25) is 0 Å². The molecule has 0 aromatic carbocycles. The molecule has 4 heterocycles. The van der Waals surface area contributed by atoms with Crippen molar-refractivity contribution in [2.45, 2.75) is 50.8 Å². The summed E-state index contributed by atoms with van der Waals surface area (Å²) in [5.41, 5.74) is 2.76. The van der Waals surface area contributed by atoms with E-state index in [1.807, 2.05) is 23.1 Å². The van der Waals surface area contributed by atoms with Gasteiger partial charge in [0.2, 0.25) is 0 Å². The van der Waals surface area contributed by atoms with Crippen LogP contribution >= 0.6 is 0 Å². The van der Waals surface area contributed by atoms with Crippen molar-refractivity contribution in [1.82, 2.24) is 34.5 Å². The lowest BCUT2D eigenvalue weighted by atomic mass is 9.90. The van der Waals surface area contributed by atoms with E-state index in [-0.39, 0.29) is 0 Å². The third-order valence-corrected chi connectivity index (χ3v) is 5.48. The van der Waals surface area contributed by atoms with Gasteiger partial charge in [-0.2, -0.15) is 0 Å². The van der Waals surface area contributed by atoms with Crippen LogP contribution < -0.4 is 0 Å². The average molecular weight is 351 g/mol. The topological polar surface area (TPSA) is 97.4 Å². The smallest absolute Gasteiger partial charge is 0.139 e. The Morgan fingerprint density at radius 3 is 2.77 bits per heavy atom. The first-order chi connectivity index (χ1) is 12.7. The number of nitrogens with zero attached hydrogens (tertiary/aromatic N) is 6. The molecule has 1 aliphatic rings. The minimum atomic E-state index is -0.621. The van der Waals surface area contributed by atoms with Crippen molar-refractivity contribution >= 4 is 22.1 Å². The van der Waals surface area contributed by atoms with E-state index in [0.29, 0.717) is 12.1 Å². The molecule has 26 heavy (non-hydrogen) atoms. The molecule has 1 atom stereocenters. The van der Waals surface area contributed by atoms with E-state index in [0.717, 1.165) is 53.6 Å². The van der Waals surface area contributed by atoms with Crippen LogP contribution in [0.1, 0.15) is 56.6 Å². The number of aromatic amines is 1. The Morgan fingerprint density at radius 2 is 2.04 bits per heavy atom. The standard InChI is InChI=1S/C18H21N7O/c1-11(26)18-22-15-10-20-17-14(6-7-19-17)16(15)25(18)13-4-2-12(3-5-13)24-9-8-21-23-24/h6-13,26H,2-5H2,1H3,(H,19,20). The second-order valence-corrected chi connectivity index (χ2v) is 7.09. The van der Waals surface area contributed by atoms with Crippen LogP contribution in [0.15, 0.2) is 30.9 Å². The number of aliphatic hydroxyl groups is 1. The minimum absolute atomic E-state index is 0.310. The summed E-state index contributed by atoms with van der Waals surface area (Å²) in [6.07, 6.45) is 10.8. The zero-order chi connectivity index (χ0) is 17.7. The van der Waals surface area contributed by atoms with Crippen molar-refractivity contribution in [3.63, 3.8) is 0 Å². The second-order valence-electron chi connectivity index (χ2n) is 7.09. The van der Waals surface area contributed by atoms with E-state index in [1.54, 1.807) is 19.3 Å². The zero-order valence-corrected chi connectivity index (χ0v) is 14.6. The quantitative estimate of drug-likeness (QED) is 0.591. The summed E-state index contributed by atoms with van der Waals surface area (Å²) in [4.78, 5) is 12.3. The second kappa shape index (κ2) is 5.91. The Kier molecular flexibility index (Phi) is 3.53. The molecule has 134 valence electrons. The van der Waals surface area contributed by atoms with Crippen LogP contribution in [0.25, 0.3) is 22.1 Å². The van der Waals surface area contributed by atoms with Gasteiger partial charge in [0.15, 0.2) is 0 Å². The molecule has 1 unspecified atom stereocenters. The van der Waals surface area contributed by atoms with E-state index >= 15 is 0 Å². The van der Waals surface area contributed by atoms with Crippen molar-refractivity contribution in [3.05, 3.63) is 36.7 Å². The van der Waals surface area contributed by atoms with Gasteiger partial charge < -0.3 is 14.7 Å². The number of imidazole rings is 1. The highest BCUT2D eigenvalue weighted by Gasteiger charge is 2.28. The molecular weight excluding hydrogens is 330 g/mol. The maximum atomic E-state index is 10.3. The number of aromatic nitrogens is 7. The molecule has 0 aliphatic heterocycles. The van der Waals surface area contributed by atoms with E-state index in [1.165, 1.54) is 0 Å². The predicted octanol–water partition coefficient (Wildman–Crippen LogP) is 2.91. The third kappa shape index (κ3) is 2.33. The lowest BCUT2D eigenvalue weighted by molar-refractivity contribution is 0.174. The first-order valence-corrected chi connectivity index (χ1v) is 9.10. The number of rotatable bonds is 3. The first kappa shape index (κ1) is 15.5. The fourth-order valence-electron chi connectivity index (χ4n) is 4.27. The number of pyridine rings is 1. The molecule has 1 fully saturated rings. The minimum Gasteiger partial charge on any atom is -0.385 e. The average Bonchev–Trinajstić information content (AvgIpc) is 3.39. The van der Waals surface area contributed by atoms with E-state index in [9.17, 15) is 5.11 Å². The van der Waals surface area contributed by atoms with Crippen LogP contribution in [0.4, 0.5) is 0 Å². The summed E-state index contributed by atoms with van der Waals surface area (Å²) in [7, 11) is 0. The molecule has 0 bridgehead atoms. The van der Waals surface area contributed by atoms with Crippen LogP contribution in [0.5, 0.6) is 0 Å². The Hall–Kier alpha value is -2.74. The highest BCUT2D eigenvalue weighted by atomic mass is 16.3. The fraction of sp³-hybridized carbons (Fsp3) is 0.444. The number of H-pyrrole nitrogens is 1. The third-order valence-electron chi connectivity index (χ3n) is 5.48. The Labute approximate surface area is 149 Å². The molecule has 1 aliphatic carbocycles. The van der Waals surface area contributed by atoms with Gasteiger partial charge in [0.1, 0.15) is 23.1 Å². The molecule has 0 spiro atoms. The molecule has 2 N–H and O–H groups in total. The van der Waals surface area contributed by atoms with Crippen LogP contribution in [-0.2, 0) is 0 Å². The van der Waals surface area contributed by atoms with E-state index in [4.69, 9.17) is 4.98 Å². The molecule has 8 heteroatoms. The Balaban J connectivity index is 1.57. The Bertz CT molecular complexity index is 1040. The largest absolute Gasteiger partial charge is 0.385 e. The molecule has 0 amide bonds.